The lowest BCUT2D eigenvalue weighted by Gasteiger charge is -2.23. The molecular weight excluding hydrogens is 575 g/mol. The Hall–Kier alpha value is -5.03. The Kier molecular flexibility index (Phi) is 7.18. The maximum atomic E-state index is 14.5. The SMILES string of the molecule is CCOC(=O)COc1ccc(C2(C)C(=O)Nc3nc(-c4nn(Cc5ccccc5F)c5cc(Cl)ccc45)nc(N)c32)cc1. The van der Waals surface area contributed by atoms with Crippen LogP contribution in [0.4, 0.5) is 16.0 Å². The van der Waals surface area contributed by atoms with E-state index in [0.717, 1.165) is 0 Å². The van der Waals surface area contributed by atoms with Gasteiger partial charge in [-0.25, -0.2) is 19.2 Å². The Balaban J connectivity index is 1.36. The molecule has 0 fully saturated rings. The smallest absolute Gasteiger partial charge is 0.344 e. The van der Waals surface area contributed by atoms with E-state index in [0.29, 0.717) is 44.1 Å². The van der Waals surface area contributed by atoms with Crippen LogP contribution < -0.4 is 15.8 Å². The molecule has 0 aliphatic carbocycles. The number of hydrogen-bond donors (Lipinski definition) is 2. The van der Waals surface area contributed by atoms with Gasteiger partial charge in [-0.05, 0) is 55.8 Å². The summed E-state index contributed by atoms with van der Waals surface area (Å²) in [4.78, 5) is 34.3. The van der Waals surface area contributed by atoms with Crippen LogP contribution in [0, 0.1) is 5.82 Å². The number of hydrogen-bond acceptors (Lipinski definition) is 8. The number of benzene rings is 3. The molecular formula is C31H26ClFN6O4. The van der Waals surface area contributed by atoms with Gasteiger partial charge in [0, 0.05) is 16.0 Å². The molecule has 1 amide bonds. The van der Waals surface area contributed by atoms with Crippen LogP contribution in [0.3, 0.4) is 0 Å². The van der Waals surface area contributed by atoms with E-state index >= 15 is 0 Å². The molecule has 1 aliphatic heterocycles. The van der Waals surface area contributed by atoms with Crippen molar-refractivity contribution in [2.75, 3.05) is 24.3 Å². The first-order valence-electron chi connectivity index (χ1n) is 13.5. The summed E-state index contributed by atoms with van der Waals surface area (Å²) in [6, 6.07) is 18.5. The number of nitrogens with one attached hydrogen (secondary N) is 1. The highest BCUT2D eigenvalue weighted by molar-refractivity contribution is 6.31. The van der Waals surface area contributed by atoms with E-state index in [9.17, 15) is 14.0 Å². The fourth-order valence-corrected chi connectivity index (χ4v) is 5.41. The van der Waals surface area contributed by atoms with Gasteiger partial charge in [0.15, 0.2) is 12.4 Å². The first-order chi connectivity index (χ1) is 20.7. The van der Waals surface area contributed by atoms with Gasteiger partial charge in [-0.15, -0.1) is 0 Å². The minimum atomic E-state index is -1.20. The van der Waals surface area contributed by atoms with Gasteiger partial charge in [0.2, 0.25) is 5.91 Å². The van der Waals surface area contributed by atoms with Gasteiger partial charge in [0.05, 0.1) is 24.2 Å². The van der Waals surface area contributed by atoms with Crippen molar-refractivity contribution in [1.29, 1.82) is 0 Å². The van der Waals surface area contributed by atoms with Crippen molar-refractivity contribution in [3.05, 3.63) is 94.3 Å². The van der Waals surface area contributed by atoms with Gasteiger partial charge in [-0.2, -0.15) is 5.10 Å². The maximum Gasteiger partial charge on any atom is 0.344 e. The van der Waals surface area contributed by atoms with E-state index in [1.807, 2.05) is 0 Å². The molecule has 5 aromatic rings. The number of nitrogens with zero attached hydrogens (tertiary/aromatic N) is 4. The van der Waals surface area contributed by atoms with E-state index in [1.165, 1.54) is 6.07 Å². The Morgan fingerprint density at radius 1 is 1.12 bits per heavy atom. The number of esters is 1. The van der Waals surface area contributed by atoms with Gasteiger partial charge in [0.1, 0.15) is 34.3 Å². The summed E-state index contributed by atoms with van der Waals surface area (Å²) in [6.45, 7) is 3.64. The summed E-state index contributed by atoms with van der Waals surface area (Å²) >= 11 is 6.30. The average molecular weight is 601 g/mol. The van der Waals surface area contributed by atoms with E-state index in [2.05, 4.69) is 15.3 Å². The topological polar surface area (TPSA) is 134 Å². The molecule has 2 aromatic heterocycles. The van der Waals surface area contributed by atoms with Crippen molar-refractivity contribution in [3.8, 4) is 17.3 Å². The number of anilines is 2. The normalized spacial score (nSPS) is 15.8. The van der Waals surface area contributed by atoms with E-state index in [-0.39, 0.29) is 48.9 Å². The third kappa shape index (κ3) is 5.01. The van der Waals surface area contributed by atoms with E-state index in [1.54, 1.807) is 79.2 Å². The number of carbonyl (C=O) groups is 2. The molecule has 218 valence electrons. The molecule has 43 heavy (non-hydrogen) atoms. The molecule has 10 nitrogen and oxygen atoms in total. The van der Waals surface area contributed by atoms with Crippen molar-refractivity contribution >= 4 is 46.0 Å². The number of aromatic nitrogens is 4. The number of fused-ring (bicyclic) bond motifs is 2. The average Bonchev–Trinajstić information content (AvgIpc) is 3.47. The first-order valence-corrected chi connectivity index (χ1v) is 13.8. The molecule has 0 saturated heterocycles. The molecule has 0 bridgehead atoms. The highest BCUT2D eigenvalue weighted by Gasteiger charge is 2.47. The Labute approximate surface area is 250 Å². The second-order valence-corrected chi connectivity index (χ2v) is 10.5. The molecule has 12 heteroatoms. The number of nitrogens with two attached hydrogens (primary N) is 1. The highest BCUT2D eigenvalue weighted by atomic mass is 35.5. The van der Waals surface area contributed by atoms with Crippen LogP contribution >= 0.6 is 11.6 Å². The standard InChI is InChI=1S/C31H26ClFN6O4/c1-3-42-24(40)16-43-20-11-8-18(9-12-20)31(2)25-27(34)35-29(36-28(25)37-30(31)41)26-21-13-10-19(32)14-23(21)39(38-26)15-17-6-4-5-7-22(17)33/h4-14H,3,15-16H2,1-2H3,(H3,34,35,36,37,41). The molecule has 1 aliphatic rings. The number of nitrogen functional groups attached to an aromatic ring is 1. The molecule has 1 atom stereocenters. The second kappa shape index (κ2) is 11.0. The number of halogens is 2. The second-order valence-electron chi connectivity index (χ2n) is 10.1. The predicted molar refractivity (Wildman–Crippen MR) is 159 cm³/mol. The van der Waals surface area contributed by atoms with Crippen LogP contribution in [0.1, 0.15) is 30.5 Å². The van der Waals surface area contributed by atoms with Gasteiger partial charge in [0.25, 0.3) is 0 Å². The lowest BCUT2D eigenvalue weighted by molar-refractivity contribution is -0.145. The van der Waals surface area contributed by atoms with Crippen LogP contribution in [0.5, 0.6) is 5.75 Å². The lowest BCUT2D eigenvalue weighted by atomic mass is 9.78. The molecule has 1 unspecified atom stereocenters. The quantitative estimate of drug-likeness (QED) is 0.235. The summed E-state index contributed by atoms with van der Waals surface area (Å²) in [5.74, 6) is -0.149. The summed E-state index contributed by atoms with van der Waals surface area (Å²) in [5.41, 5.74) is 7.90. The summed E-state index contributed by atoms with van der Waals surface area (Å²) < 4.78 is 26.5. The minimum absolute atomic E-state index is 0.106. The van der Waals surface area contributed by atoms with Crippen LogP contribution in [-0.2, 0) is 26.3 Å². The van der Waals surface area contributed by atoms with Gasteiger partial charge in [-0.3, -0.25) is 9.48 Å². The summed E-state index contributed by atoms with van der Waals surface area (Å²) in [6.07, 6.45) is 0. The Morgan fingerprint density at radius 2 is 1.88 bits per heavy atom. The monoisotopic (exact) mass is 600 g/mol. The minimum Gasteiger partial charge on any atom is -0.482 e. The highest BCUT2D eigenvalue weighted by Crippen LogP contribution is 2.45. The third-order valence-electron chi connectivity index (χ3n) is 7.42. The molecule has 3 heterocycles. The van der Waals surface area contributed by atoms with Crippen molar-refractivity contribution < 1.29 is 23.5 Å². The third-order valence-corrected chi connectivity index (χ3v) is 7.66. The molecule has 0 saturated carbocycles. The lowest BCUT2D eigenvalue weighted by Crippen LogP contribution is -2.33. The fraction of sp³-hybridized carbons (Fsp3) is 0.194. The number of carbonyl (C=O) groups excluding carboxylic acids is 2. The summed E-state index contributed by atoms with van der Waals surface area (Å²) in [5, 5.41) is 8.74. The van der Waals surface area contributed by atoms with Crippen LogP contribution in [0.25, 0.3) is 22.4 Å². The largest absolute Gasteiger partial charge is 0.482 e. The number of rotatable bonds is 8. The Bertz CT molecular complexity index is 1890. The molecule has 3 aromatic carbocycles. The molecule has 6 rings (SSSR count). The molecule has 0 radical (unpaired) electrons. The number of amides is 1. The zero-order valence-corrected chi connectivity index (χ0v) is 24.0. The van der Waals surface area contributed by atoms with Crippen LogP contribution in [0.15, 0.2) is 66.7 Å². The van der Waals surface area contributed by atoms with Crippen molar-refractivity contribution in [2.45, 2.75) is 25.8 Å². The maximum absolute atomic E-state index is 14.5. The van der Waals surface area contributed by atoms with E-state index < -0.39 is 11.4 Å². The van der Waals surface area contributed by atoms with Crippen molar-refractivity contribution in [1.82, 2.24) is 19.7 Å². The number of ether oxygens (including phenoxy) is 2. The van der Waals surface area contributed by atoms with Crippen LogP contribution in [-0.4, -0.2) is 44.8 Å². The molecule has 3 N–H and O–H groups in total. The Morgan fingerprint density at radius 3 is 2.63 bits per heavy atom. The van der Waals surface area contributed by atoms with Crippen molar-refractivity contribution in [3.63, 3.8) is 0 Å². The summed E-state index contributed by atoms with van der Waals surface area (Å²) in [7, 11) is 0. The fourth-order valence-electron chi connectivity index (χ4n) is 5.24. The molecule has 0 spiro atoms. The first kappa shape index (κ1) is 28.1. The van der Waals surface area contributed by atoms with Crippen LogP contribution in [0.2, 0.25) is 5.02 Å². The van der Waals surface area contributed by atoms with E-state index in [4.69, 9.17) is 31.9 Å². The van der Waals surface area contributed by atoms with Gasteiger partial charge < -0.3 is 20.5 Å². The van der Waals surface area contributed by atoms with Crippen molar-refractivity contribution in [2.24, 2.45) is 0 Å². The van der Waals surface area contributed by atoms with Gasteiger partial charge >= 0.3 is 5.97 Å². The zero-order valence-electron chi connectivity index (χ0n) is 23.2. The predicted octanol–water partition coefficient (Wildman–Crippen LogP) is 5.12. The zero-order chi connectivity index (χ0) is 30.3. The van der Waals surface area contributed by atoms with Gasteiger partial charge in [-0.1, -0.05) is 41.9 Å².